The van der Waals surface area contributed by atoms with Crippen LogP contribution < -0.4 is 4.90 Å². The minimum atomic E-state index is -0.0584. The number of nitrogens with zero attached hydrogens (tertiary/aromatic N) is 4. The minimum Gasteiger partial charge on any atom is -0.288 e. The van der Waals surface area contributed by atoms with Crippen molar-refractivity contribution in [2.75, 3.05) is 11.4 Å². The molecular weight excluding hydrogens is 300 g/mol. The van der Waals surface area contributed by atoms with Crippen LogP contribution in [0.3, 0.4) is 0 Å². The summed E-state index contributed by atoms with van der Waals surface area (Å²) in [6.07, 6.45) is 3.64. The smallest absolute Gasteiger partial charge is 0.232 e. The first-order valence-electron chi connectivity index (χ1n) is 6.85. The van der Waals surface area contributed by atoms with E-state index >= 15 is 0 Å². The molecule has 0 radical (unpaired) electrons. The fourth-order valence-corrected chi connectivity index (χ4v) is 3.24. The minimum absolute atomic E-state index is 0.0165. The van der Waals surface area contributed by atoms with E-state index in [2.05, 4.69) is 15.0 Å². The maximum Gasteiger partial charge on any atom is 0.232 e. The molecule has 0 spiro atoms. The van der Waals surface area contributed by atoms with E-state index in [0.717, 1.165) is 5.69 Å². The lowest BCUT2D eigenvalue weighted by molar-refractivity contribution is -0.117. The van der Waals surface area contributed by atoms with Crippen molar-refractivity contribution in [1.29, 1.82) is 0 Å². The van der Waals surface area contributed by atoms with Crippen LogP contribution in [0, 0.1) is 0 Å². The molecule has 22 heavy (non-hydrogen) atoms. The molecule has 7 heteroatoms. The zero-order valence-corrected chi connectivity index (χ0v) is 12.8. The van der Waals surface area contributed by atoms with Crippen LogP contribution in [-0.2, 0) is 9.59 Å². The average molecular weight is 314 g/mol. The number of carbonyl (C=O) groups is 2. The first kappa shape index (κ1) is 14.6. The Morgan fingerprint density at radius 3 is 2.82 bits per heavy atom. The predicted octanol–water partition coefficient (Wildman–Crippen LogP) is 1.92. The number of thioether (sulfide) groups is 1. The average Bonchev–Trinajstić information content (AvgIpc) is 2.88. The molecule has 1 aliphatic heterocycles. The number of rotatable bonds is 3. The molecule has 2 aromatic rings. The summed E-state index contributed by atoms with van der Waals surface area (Å²) in [6.45, 7) is 1.96. The third-order valence-corrected chi connectivity index (χ3v) is 4.21. The fourth-order valence-electron chi connectivity index (χ4n) is 2.32. The first-order chi connectivity index (χ1) is 10.6. The van der Waals surface area contributed by atoms with Crippen LogP contribution in [0.15, 0.2) is 36.7 Å². The van der Waals surface area contributed by atoms with Gasteiger partial charge in [0.25, 0.3) is 0 Å². The third-order valence-electron chi connectivity index (χ3n) is 3.23. The summed E-state index contributed by atoms with van der Waals surface area (Å²) in [5.41, 5.74) is 1.40. The van der Waals surface area contributed by atoms with E-state index in [1.165, 1.54) is 23.6 Å². The van der Waals surface area contributed by atoms with Gasteiger partial charge in [-0.15, -0.1) is 0 Å². The molecule has 0 bridgehead atoms. The van der Waals surface area contributed by atoms with E-state index in [9.17, 15) is 9.59 Å². The van der Waals surface area contributed by atoms with Crippen molar-refractivity contribution >= 4 is 28.7 Å². The third kappa shape index (κ3) is 3.14. The normalized spacial score (nSPS) is 17.8. The SMILES string of the molecule is CC(=O)SC1CC(=O)N(c2nccc(-c3ccccn3)n2)C1. The summed E-state index contributed by atoms with van der Waals surface area (Å²) in [4.78, 5) is 37.7. The van der Waals surface area contributed by atoms with Gasteiger partial charge in [-0.05, 0) is 18.2 Å². The zero-order valence-electron chi connectivity index (χ0n) is 12.0. The number of amides is 1. The van der Waals surface area contributed by atoms with Gasteiger partial charge in [0.05, 0.1) is 11.4 Å². The molecule has 6 nitrogen and oxygen atoms in total. The highest BCUT2D eigenvalue weighted by atomic mass is 32.2. The molecule has 1 aliphatic rings. The maximum atomic E-state index is 12.1. The van der Waals surface area contributed by atoms with E-state index in [0.29, 0.717) is 24.6 Å². The Hall–Kier alpha value is -2.28. The summed E-state index contributed by atoms with van der Waals surface area (Å²) >= 11 is 1.20. The number of aromatic nitrogens is 3. The van der Waals surface area contributed by atoms with Crippen molar-refractivity contribution in [3.63, 3.8) is 0 Å². The quantitative estimate of drug-likeness (QED) is 0.861. The van der Waals surface area contributed by atoms with Crippen LogP contribution in [0.5, 0.6) is 0 Å². The highest BCUT2D eigenvalue weighted by molar-refractivity contribution is 8.14. The van der Waals surface area contributed by atoms with E-state index in [1.54, 1.807) is 18.5 Å². The molecule has 112 valence electrons. The summed E-state index contributed by atoms with van der Waals surface area (Å²) in [5, 5.41) is -0.0186. The molecule has 0 aromatic carbocycles. The maximum absolute atomic E-state index is 12.1. The summed E-state index contributed by atoms with van der Waals surface area (Å²) in [5.74, 6) is 0.303. The monoisotopic (exact) mass is 314 g/mol. The van der Waals surface area contributed by atoms with Gasteiger partial charge in [-0.25, -0.2) is 9.97 Å². The molecule has 3 heterocycles. The second-order valence-corrected chi connectivity index (χ2v) is 6.37. The van der Waals surface area contributed by atoms with Crippen LogP contribution in [0.1, 0.15) is 13.3 Å². The van der Waals surface area contributed by atoms with E-state index in [4.69, 9.17) is 0 Å². The summed E-state index contributed by atoms with van der Waals surface area (Å²) in [7, 11) is 0. The van der Waals surface area contributed by atoms with Crippen LogP contribution in [0.25, 0.3) is 11.4 Å². The van der Waals surface area contributed by atoms with Crippen molar-refractivity contribution in [2.24, 2.45) is 0 Å². The Morgan fingerprint density at radius 2 is 2.09 bits per heavy atom. The van der Waals surface area contributed by atoms with Crippen LogP contribution in [0.2, 0.25) is 0 Å². The standard InChI is InChI=1S/C15H14N4O2S/c1-10(20)22-11-8-14(21)19(9-11)15-17-7-5-13(18-15)12-4-2-3-6-16-12/h2-7,11H,8-9H2,1H3. The lowest BCUT2D eigenvalue weighted by Crippen LogP contribution is -2.27. The lowest BCUT2D eigenvalue weighted by Gasteiger charge is -2.14. The molecule has 1 fully saturated rings. The highest BCUT2D eigenvalue weighted by Gasteiger charge is 2.33. The Balaban J connectivity index is 1.84. The Labute approximate surface area is 132 Å². The van der Waals surface area contributed by atoms with Gasteiger partial charge in [0, 0.05) is 37.5 Å². The molecule has 1 saturated heterocycles. The molecular formula is C15H14N4O2S. The van der Waals surface area contributed by atoms with Gasteiger partial charge < -0.3 is 0 Å². The number of pyridine rings is 1. The number of hydrogen-bond acceptors (Lipinski definition) is 6. The Bertz CT molecular complexity index is 708. The van der Waals surface area contributed by atoms with Crippen molar-refractivity contribution < 1.29 is 9.59 Å². The van der Waals surface area contributed by atoms with Crippen molar-refractivity contribution in [3.05, 3.63) is 36.7 Å². The van der Waals surface area contributed by atoms with Crippen molar-refractivity contribution in [3.8, 4) is 11.4 Å². The Morgan fingerprint density at radius 1 is 1.23 bits per heavy atom. The summed E-state index contributed by atoms with van der Waals surface area (Å²) < 4.78 is 0. The Kier molecular flexibility index (Phi) is 4.15. The van der Waals surface area contributed by atoms with Gasteiger partial charge in [-0.1, -0.05) is 17.8 Å². The van der Waals surface area contributed by atoms with Gasteiger partial charge in [-0.2, -0.15) is 0 Å². The highest BCUT2D eigenvalue weighted by Crippen LogP contribution is 2.27. The van der Waals surface area contributed by atoms with Crippen LogP contribution >= 0.6 is 11.8 Å². The van der Waals surface area contributed by atoms with Gasteiger partial charge in [0.15, 0.2) is 5.12 Å². The summed E-state index contributed by atoms with van der Waals surface area (Å²) in [6, 6.07) is 7.32. The lowest BCUT2D eigenvalue weighted by atomic mass is 10.2. The molecule has 0 saturated carbocycles. The fraction of sp³-hybridized carbons (Fsp3) is 0.267. The zero-order chi connectivity index (χ0) is 15.5. The molecule has 0 N–H and O–H groups in total. The number of anilines is 1. The van der Waals surface area contributed by atoms with Crippen molar-refractivity contribution in [1.82, 2.24) is 15.0 Å². The molecule has 1 unspecified atom stereocenters. The molecule has 1 amide bonds. The van der Waals surface area contributed by atoms with Crippen molar-refractivity contribution in [2.45, 2.75) is 18.6 Å². The van der Waals surface area contributed by atoms with E-state index < -0.39 is 0 Å². The van der Waals surface area contributed by atoms with Crippen LogP contribution in [-0.4, -0.2) is 37.8 Å². The second-order valence-electron chi connectivity index (χ2n) is 4.90. The largest absolute Gasteiger partial charge is 0.288 e. The number of hydrogen-bond donors (Lipinski definition) is 0. The molecule has 0 aliphatic carbocycles. The van der Waals surface area contributed by atoms with Gasteiger partial charge in [0.2, 0.25) is 11.9 Å². The first-order valence-corrected chi connectivity index (χ1v) is 7.73. The molecule has 1 atom stereocenters. The molecule has 2 aromatic heterocycles. The van der Waals surface area contributed by atoms with Gasteiger partial charge in [0.1, 0.15) is 0 Å². The molecule has 3 rings (SSSR count). The predicted molar refractivity (Wildman–Crippen MR) is 84.3 cm³/mol. The van der Waals surface area contributed by atoms with E-state index in [1.807, 2.05) is 18.2 Å². The van der Waals surface area contributed by atoms with Crippen LogP contribution in [0.4, 0.5) is 5.95 Å². The topological polar surface area (TPSA) is 76.1 Å². The van der Waals surface area contributed by atoms with Gasteiger partial charge >= 0.3 is 0 Å². The van der Waals surface area contributed by atoms with Gasteiger partial charge in [-0.3, -0.25) is 19.5 Å². The van der Waals surface area contributed by atoms with E-state index in [-0.39, 0.29) is 16.3 Å². The number of carbonyl (C=O) groups excluding carboxylic acids is 2. The second kappa shape index (κ2) is 6.23.